The lowest BCUT2D eigenvalue weighted by atomic mass is 9.97. The second kappa shape index (κ2) is 6.92. The van der Waals surface area contributed by atoms with Gasteiger partial charge in [-0.3, -0.25) is 10.2 Å². The van der Waals surface area contributed by atoms with Crippen LogP contribution in [0.4, 0.5) is 0 Å². The Kier molecular flexibility index (Phi) is 6.19. The lowest BCUT2D eigenvalue weighted by Crippen LogP contribution is -2.47. The van der Waals surface area contributed by atoms with Gasteiger partial charge < -0.3 is 14.9 Å². The van der Waals surface area contributed by atoms with E-state index < -0.39 is 12.2 Å². The number of hydrogen-bond donors (Lipinski definition) is 3. The Hall–Kier alpha value is 0.150. The zero-order chi connectivity index (χ0) is 13.0. The second-order valence-electron chi connectivity index (χ2n) is 4.75. The summed E-state index contributed by atoms with van der Waals surface area (Å²) in [6.07, 6.45) is -0.338. The van der Waals surface area contributed by atoms with Crippen LogP contribution in [0.2, 0.25) is 0 Å². The number of nitrogens with zero attached hydrogens (tertiary/aromatic N) is 1. The monoisotopic (exact) mass is 264 g/mol. The Bertz CT molecular complexity index is 231. The first-order chi connectivity index (χ1) is 7.99. The Balaban J connectivity index is 2.57. The van der Waals surface area contributed by atoms with Gasteiger partial charge in [-0.15, -0.1) is 0 Å². The van der Waals surface area contributed by atoms with Crippen molar-refractivity contribution in [3.05, 3.63) is 0 Å². The quantitative estimate of drug-likeness (QED) is 0.602. The van der Waals surface area contributed by atoms with Gasteiger partial charge in [0, 0.05) is 0 Å². The van der Waals surface area contributed by atoms with Crippen LogP contribution in [0.15, 0.2) is 0 Å². The molecule has 0 aromatic rings. The van der Waals surface area contributed by atoms with Gasteiger partial charge >= 0.3 is 0 Å². The molecule has 0 amide bonds. The van der Waals surface area contributed by atoms with Gasteiger partial charge in [0.2, 0.25) is 0 Å². The van der Waals surface area contributed by atoms with Crippen molar-refractivity contribution in [1.82, 2.24) is 10.2 Å². The molecule has 6 heteroatoms. The van der Waals surface area contributed by atoms with Gasteiger partial charge in [-0.25, -0.2) is 0 Å². The van der Waals surface area contributed by atoms with Gasteiger partial charge in [0.25, 0.3) is 0 Å². The molecule has 1 rings (SSSR count). The molecule has 0 aromatic heterocycles. The molecule has 1 saturated heterocycles. The van der Waals surface area contributed by atoms with E-state index in [4.69, 9.17) is 9.84 Å². The molecule has 0 radical (unpaired) electrons. The molecule has 17 heavy (non-hydrogen) atoms. The summed E-state index contributed by atoms with van der Waals surface area (Å²) < 4.78 is 5.74. The van der Waals surface area contributed by atoms with Crippen LogP contribution in [0.25, 0.3) is 0 Å². The van der Waals surface area contributed by atoms with Gasteiger partial charge in [-0.1, -0.05) is 18.7 Å². The first-order valence-electron chi connectivity index (χ1n) is 5.93. The first kappa shape index (κ1) is 15.2. The second-order valence-corrected chi connectivity index (χ2v) is 5.93. The molecule has 5 unspecified atom stereocenters. The highest BCUT2D eigenvalue weighted by Crippen LogP contribution is 2.34. The Labute approximate surface area is 108 Å². The fraction of sp³-hybridized carbons (Fsp3) is 1.00. The van der Waals surface area contributed by atoms with E-state index in [9.17, 15) is 5.11 Å². The highest BCUT2D eigenvalue weighted by atomic mass is 32.2. The molecular formula is C11H24N2O3S. The van der Waals surface area contributed by atoms with Gasteiger partial charge in [-0.2, -0.15) is 0 Å². The molecule has 1 aliphatic heterocycles. The van der Waals surface area contributed by atoms with Crippen LogP contribution >= 0.6 is 11.8 Å². The molecule has 0 bridgehead atoms. The Morgan fingerprint density at radius 3 is 2.65 bits per heavy atom. The smallest absolute Gasteiger partial charge is 0.110 e. The van der Waals surface area contributed by atoms with E-state index in [1.807, 2.05) is 21.1 Å². The summed E-state index contributed by atoms with van der Waals surface area (Å²) in [6.45, 7) is 1.94. The van der Waals surface area contributed by atoms with Crippen LogP contribution in [0, 0.1) is 5.92 Å². The van der Waals surface area contributed by atoms with Crippen molar-refractivity contribution in [1.29, 1.82) is 0 Å². The number of hydrogen-bond acceptors (Lipinski definition) is 6. The van der Waals surface area contributed by atoms with E-state index in [1.165, 1.54) is 0 Å². The fourth-order valence-corrected chi connectivity index (χ4v) is 3.17. The molecule has 0 aliphatic carbocycles. The van der Waals surface area contributed by atoms with Gasteiger partial charge in [0.1, 0.15) is 17.0 Å². The first-order valence-corrected chi connectivity index (χ1v) is 6.87. The van der Waals surface area contributed by atoms with Crippen molar-refractivity contribution in [2.24, 2.45) is 5.92 Å². The number of thioether (sulfide) groups is 1. The lowest BCUT2D eigenvalue weighted by Gasteiger charge is -2.39. The van der Waals surface area contributed by atoms with Crippen LogP contribution in [-0.2, 0) is 4.74 Å². The van der Waals surface area contributed by atoms with Crippen molar-refractivity contribution in [2.75, 3.05) is 27.7 Å². The standard InChI is InChI=1S/C11H24N2O3S/c1-7-5-8(15)9(6-14)16-10(7)17-11(12-2)13(3)4/h7-12,14-15H,5-6H2,1-4H3. The SMILES string of the molecule is CNC(SC1OC(CO)C(O)CC1C)N(C)C. The molecule has 102 valence electrons. The zero-order valence-corrected chi connectivity index (χ0v) is 11.8. The van der Waals surface area contributed by atoms with Crippen LogP contribution in [0.3, 0.4) is 0 Å². The molecule has 5 nitrogen and oxygen atoms in total. The molecule has 0 aromatic carbocycles. The lowest BCUT2D eigenvalue weighted by molar-refractivity contribution is -0.126. The maximum Gasteiger partial charge on any atom is 0.110 e. The number of aliphatic hydroxyl groups excluding tert-OH is 2. The molecular weight excluding hydrogens is 240 g/mol. The van der Waals surface area contributed by atoms with Crippen molar-refractivity contribution < 1.29 is 14.9 Å². The minimum Gasteiger partial charge on any atom is -0.394 e. The summed E-state index contributed by atoms with van der Waals surface area (Å²) in [4.78, 5) is 2.07. The number of nitrogens with one attached hydrogen (secondary N) is 1. The van der Waals surface area contributed by atoms with Crippen LogP contribution < -0.4 is 5.32 Å². The van der Waals surface area contributed by atoms with Crippen molar-refractivity contribution in [2.45, 2.75) is 36.5 Å². The molecule has 0 saturated carbocycles. The van der Waals surface area contributed by atoms with Crippen LogP contribution in [-0.4, -0.2) is 66.0 Å². The molecule has 5 atom stereocenters. The molecule has 1 aliphatic rings. The third-order valence-electron chi connectivity index (χ3n) is 2.97. The van der Waals surface area contributed by atoms with Gasteiger partial charge in [0.15, 0.2) is 0 Å². The third kappa shape index (κ3) is 4.08. The minimum atomic E-state index is -0.556. The average Bonchev–Trinajstić information content (AvgIpc) is 2.27. The zero-order valence-electron chi connectivity index (χ0n) is 11.0. The average molecular weight is 264 g/mol. The summed E-state index contributed by atoms with van der Waals surface area (Å²) in [5.74, 6) is 0.272. The summed E-state index contributed by atoms with van der Waals surface area (Å²) in [7, 11) is 5.91. The van der Waals surface area contributed by atoms with E-state index in [1.54, 1.807) is 11.8 Å². The maximum absolute atomic E-state index is 9.74. The summed E-state index contributed by atoms with van der Waals surface area (Å²) in [5, 5.41) is 22.1. The predicted octanol–water partition coefficient (Wildman–Crippen LogP) is -0.111. The summed E-state index contributed by atoms with van der Waals surface area (Å²) in [6, 6.07) is 0. The third-order valence-corrected chi connectivity index (χ3v) is 4.73. The van der Waals surface area contributed by atoms with Gasteiger partial charge in [-0.05, 0) is 33.5 Å². The van der Waals surface area contributed by atoms with Crippen molar-refractivity contribution >= 4 is 11.8 Å². The Morgan fingerprint density at radius 1 is 1.53 bits per heavy atom. The maximum atomic E-state index is 9.74. The molecule has 0 spiro atoms. The number of aliphatic hydroxyl groups is 2. The van der Waals surface area contributed by atoms with Gasteiger partial charge in [0.05, 0.1) is 12.7 Å². The van der Waals surface area contributed by atoms with E-state index in [2.05, 4.69) is 17.1 Å². The normalized spacial score (nSPS) is 36.2. The fourth-order valence-electron chi connectivity index (χ4n) is 1.95. The summed E-state index contributed by atoms with van der Waals surface area (Å²) >= 11 is 1.67. The van der Waals surface area contributed by atoms with E-state index in [-0.39, 0.29) is 23.5 Å². The molecule has 1 fully saturated rings. The summed E-state index contributed by atoms with van der Waals surface area (Å²) in [5.41, 5.74) is 0.160. The van der Waals surface area contributed by atoms with Crippen molar-refractivity contribution in [3.8, 4) is 0 Å². The topological polar surface area (TPSA) is 65.0 Å². The highest BCUT2D eigenvalue weighted by molar-refractivity contribution is 8.00. The van der Waals surface area contributed by atoms with E-state index in [0.29, 0.717) is 6.42 Å². The van der Waals surface area contributed by atoms with Crippen LogP contribution in [0.1, 0.15) is 13.3 Å². The molecule has 1 heterocycles. The van der Waals surface area contributed by atoms with Crippen LogP contribution in [0.5, 0.6) is 0 Å². The Morgan fingerprint density at radius 2 is 2.18 bits per heavy atom. The van der Waals surface area contributed by atoms with Crippen molar-refractivity contribution in [3.63, 3.8) is 0 Å². The predicted molar refractivity (Wildman–Crippen MR) is 69.7 cm³/mol. The molecule has 3 N–H and O–H groups in total. The van der Waals surface area contributed by atoms with E-state index in [0.717, 1.165) is 0 Å². The largest absolute Gasteiger partial charge is 0.394 e. The number of rotatable bonds is 5. The van der Waals surface area contributed by atoms with E-state index >= 15 is 0 Å². The minimum absolute atomic E-state index is 0.00426. The highest BCUT2D eigenvalue weighted by Gasteiger charge is 2.36. The number of ether oxygens (including phenoxy) is 1.